The van der Waals surface area contributed by atoms with Gasteiger partial charge in [0.25, 0.3) is 5.91 Å². The molecule has 0 fully saturated rings. The van der Waals surface area contributed by atoms with Gasteiger partial charge in [0.05, 0.1) is 5.56 Å². The molecule has 0 heterocycles. The van der Waals surface area contributed by atoms with Crippen molar-refractivity contribution < 1.29 is 18.0 Å². The summed E-state index contributed by atoms with van der Waals surface area (Å²) < 4.78 is 39.6. The van der Waals surface area contributed by atoms with Crippen LogP contribution in [0.5, 0.6) is 0 Å². The topological polar surface area (TPSA) is 46.3 Å². The molecule has 0 bridgehead atoms. The molecular weight excluding hydrogens is 281 g/mol. The van der Waals surface area contributed by atoms with Crippen molar-refractivity contribution in [3.8, 4) is 0 Å². The molecule has 110 valence electrons. The number of carbonyl (C=O) groups is 1. The van der Waals surface area contributed by atoms with Crippen molar-refractivity contribution in [2.75, 3.05) is 12.8 Å². The summed E-state index contributed by atoms with van der Waals surface area (Å²) in [5.74, 6) is -3.24. The summed E-state index contributed by atoms with van der Waals surface area (Å²) in [5, 5.41) is 0. The lowest BCUT2D eigenvalue weighted by atomic mass is 10.1. The van der Waals surface area contributed by atoms with Crippen LogP contribution in [0.25, 0.3) is 0 Å². The number of hydrogen-bond acceptors (Lipinski definition) is 2. The SMILES string of the molecule is CN(Cc1ccc(F)c(F)c1)C(=O)c1cc(N)ccc1F. The molecule has 0 aliphatic carbocycles. The third kappa shape index (κ3) is 3.34. The van der Waals surface area contributed by atoms with Gasteiger partial charge >= 0.3 is 0 Å². The van der Waals surface area contributed by atoms with E-state index in [2.05, 4.69) is 0 Å². The molecule has 2 rings (SSSR count). The molecule has 2 N–H and O–H groups in total. The van der Waals surface area contributed by atoms with Crippen molar-refractivity contribution in [2.24, 2.45) is 0 Å². The first kappa shape index (κ1) is 14.9. The molecule has 0 atom stereocenters. The number of benzene rings is 2. The van der Waals surface area contributed by atoms with Gasteiger partial charge in [0.15, 0.2) is 11.6 Å². The third-order valence-corrected chi connectivity index (χ3v) is 2.97. The minimum absolute atomic E-state index is 0.0181. The van der Waals surface area contributed by atoms with Crippen molar-refractivity contribution in [3.05, 3.63) is 65.0 Å². The van der Waals surface area contributed by atoms with Gasteiger partial charge in [-0.05, 0) is 35.9 Å². The number of nitrogen functional groups attached to an aromatic ring is 1. The molecule has 6 heteroatoms. The molecule has 0 saturated heterocycles. The Labute approximate surface area is 119 Å². The van der Waals surface area contributed by atoms with Crippen LogP contribution in [-0.4, -0.2) is 17.9 Å². The van der Waals surface area contributed by atoms with E-state index in [-0.39, 0.29) is 17.8 Å². The normalized spacial score (nSPS) is 10.5. The van der Waals surface area contributed by atoms with Crippen LogP contribution in [-0.2, 0) is 6.54 Å². The minimum Gasteiger partial charge on any atom is -0.399 e. The van der Waals surface area contributed by atoms with Gasteiger partial charge in [-0.2, -0.15) is 0 Å². The maximum absolute atomic E-state index is 13.6. The summed E-state index contributed by atoms with van der Waals surface area (Å²) in [6.45, 7) is 0.0181. The van der Waals surface area contributed by atoms with Crippen LogP contribution in [0.4, 0.5) is 18.9 Å². The first-order valence-electron chi connectivity index (χ1n) is 6.13. The second-order valence-electron chi connectivity index (χ2n) is 4.65. The van der Waals surface area contributed by atoms with Gasteiger partial charge in [-0.1, -0.05) is 6.07 Å². The molecule has 0 aromatic heterocycles. The molecule has 2 aromatic carbocycles. The second-order valence-corrected chi connectivity index (χ2v) is 4.65. The average Bonchev–Trinajstić information content (AvgIpc) is 2.44. The summed E-state index contributed by atoms with van der Waals surface area (Å²) in [5.41, 5.74) is 6.02. The number of anilines is 1. The Kier molecular flexibility index (Phi) is 4.16. The van der Waals surface area contributed by atoms with Crippen molar-refractivity contribution in [1.82, 2.24) is 4.90 Å². The van der Waals surface area contributed by atoms with Crippen molar-refractivity contribution >= 4 is 11.6 Å². The van der Waals surface area contributed by atoms with E-state index in [1.807, 2.05) is 0 Å². The quantitative estimate of drug-likeness (QED) is 0.885. The number of rotatable bonds is 3. The van der Waals surface area contributed by atoms with E-state index >= 15 is 0 Å². The van der Waals surface area contributed by atoms with Crippen LogP contribution in [0.1, 0.15) is 15.9 Å². The molecule has 21 heavy (non-hydrogen) atoms. The van der Waals surface area contributed by atoms with E-state index in [0.717, 1.165) is 18.2 Å². The monoisotopic (exact) mass is 294 g/mol. The highest BCUT2D eigenvalue weighted by atomic mass is 19.2. The predicted octanol–water partition coefficient (Wildman–Crippen LogP) is 2.96. The van der Waals surface area contributed by atoms with E-state index in [0.29, 0.717) is 5.56 Å². The molecular formula is C15H13F3N2O. The summed E-state index contributed by atoms with van der Waals surface area (Å²) in [4.78, 5) is 13.3. The Morgan fingerprint density at radius 1 is 1.05 bits per heavy atom. The van der Waals surface area contributed by atoms with Gasteiger partial charge in [0.2, 0.25) is 0 Å². The smallest absolute Gasteiger partial charge is 0.256 e. The standard InChI is InChI=1S/C15H13F3N2O/c1-20(8-9-2-4-13(17)14(18)6-9)15(21)11-7-10(19)3-5-12(11)16/h2-7H,8,19H2,1H3. The Bertz CT molecular complexity index is 689. The highest BCUT2D eigenvalue weighted by molar-refractivity contribution is 5.95. The Balaban J connectivity index is 2.19. The van der Waals surface area contributed by atoms with E-state index in [4.69, 9.17) is 5.73 Å². The molecule has 0 aliphatic rings. The van der Waals surface area contributed by atoms with Crippen LogP contribution < -0.4 is 5.73 Å². The number of nitrogens with two attached hydrogens (primary N) is 1. The zero-order valence-electron chi connectivity index (χ0n) is 11.2. The maximum Gasteiger partial charge on any atom is 0.256 e. The number of carbonyl (C=O) groups excluding carboxylic acids is 1. The first-order valence-corrected chi connectivity index (χ1v) is 6.13. The molecule has 0 unspecified atom stereocenters. The first-order chi connectivity index (χ1) is 9.88. The van der Waals surface area contributed by atoms with Crippen molar-refractivity contribution in [3.63, 3.8) is 0 Å². The predicted molar refractivity (Wildman–Crippen MR) is 73.0 cm³/mol. The van der Waals surface area contributed by atoms with Crippen LogP contribution in [0, 0.1) is 17.5 Å². The number of halogens is 3. The lowest BCUT2D eigenvalue weighted by Gasteiger charge is -2.18. The third-order valence-electron chi connectivity index (χ3n) is 2.97. The molecule has 1 amide bonds. The number of hydrogen-bond donors (Lipinski definition) is 1. The summed E-state index contributed by atoms with van der Waals surface area (Å²) >= 11 is 0. The van der Waals surface area contributed by atoms with Crippen molar-refractivity contribution in [1.29, 1.82) is 0 Å². The minimum atomic E-state index is -0.997. The number of nitrogens with zero attached hydrogens (tertiary/aromatic N) is 1. The molecule has 0 saturated carbocycles. The molecule has 0 spiro atoms. The second kappa shape index (κ2) is 5.87. The summed E-state index contributed by atoms with van der Waals surface area (Å²) in [6.07, 6.45) is 0. The van der Waals surface area contributed by atoms with Gasteiger partial charge in [0, 0.05) is 19.3 Å². The fraction of sp³-hybridized carbons (Fsp3) is 0.133. The van der Waals surface area contributed by atoms with Crippen LogP contribution in [0.2, 0.25) is 0 Å². The highest BCUT2D eigenvalue weighted by Crippen LogP contribution is 2.16. The molecule has 2 aromatic rings. The van der Waals surface area contributed by atoms with Crippen molar-refractivity contribution in [2.45, 2.75) is 6.54 Å². The largest absolute Gasteiger partial charge is 0.399 e. The lowest BCUT2D eigenvalue weighted by Crippen LogP contribution is -2.27. The number of amides is 1. The lowest BCUT2D eigenvalue weighted by molar-refractivity contribution is 0.0780. The fourth-order valence-electron chi connectivity index (χ4n) is 1.90. The molecule has 0 radical (unpaired) electrons. The zero-order chi connectivity index (χ0) is 15.6. The fourth-order valence-corrected chi connectivity index (χ4v) is 1.90. The zero-order valence-corrected chi connectivity index (χ0v) is 11.2. The van der Waals surface area contributed by atoms with Gasteiger partial charge in [-0.15, -0.1) is 0 Å². The molecule has 0 aliphatic heterocycles. The van der Waals surface area contributed by atoms with Crippen LogP contribution in [0.3, 0.4) is 0 Å². The highest BCUT2D eigenvalue weighted by Gasteiger charge is 2.17. The van der Waals surface area contributed by atoms with E-state index in [9.17, 15) is 18.0 Å². The van der Waals surface area contributed by atoms with E-state index in [1.165, 1.54) is 30.1 Å². The van der Waals surface area contributed by atoms with E-state index < -0.39 is 23.4 Å². The van der Waals surface area contributed by atoms with Gasteiger partial charge < -0.3 is 10.6 Å². The summed E-state index contributed by atoms with van der Waals surface area (Å²) in [7, 11) is 1.44. The van der Waals surface area contributed by atoms with Crippen LogP contribution in [0.15, 0.2) is 36.4 Å². The Hall–Kier alpha value is -2.50. The van der Waals surface area contributed by atoms with Gasteiger partial charge in [-0.25, -0.2) is 13.2 Å². The maximum atomic E-state index is 13.6. The summed E-state index contributed by atoms with van der Waals surface area (Å²) in [6, 6.07) is 7.02. The Morgan fingerprint density at radius 3 is 2.38 bits per heavy atom. The van der Waals surface area contributed by atoms with Gasteiger partial charge in [-0.3, -0.25) is 4.79 Å². The van der Waals surface area contributed by atoms with E-state index in [1.54, 1.807) is 0 Å². The Morgan fingerprint density at radius 2 is 1.71 bits per heavy atom. The molecule has 3 nitrogen and oxygen atoms in total. The van der Waals surface area contributed by atoms with Gasteiger partial charge in [0.1, 0.15) is 5.82 Å². The van der Waals surface area contributed by atoms with Crippen LogP contribution >= 0.6 is 0 Å². The average molecular weight is 294 g/mol.